The molecule has 2 aliphatic carbocycles. The summed E-state index contributed by atoms with van der Waals surface area (Å²) in [6.45, 7) is 14.6. The van der Waals surface area contributed by atoms with Gasteiger partial charge in [0.15, 0.2) is 0 Å². The number of likely N-dealkylation sites (tertiary alicyclic amines) is 1. The largest absolute Gasteiger partial charge is 0.316 e. The summed E-state index contributed by atoms with van der Waals surface area (Å²) in [5, 5.41) is 3.39. The average Bonchev–Trinajstić information content (AvgIpc) is 3.61. The van der Waals surface area contributed by atoms with Crippen LogP contribution in [0.4, 0.5) is 11.4 Å². The molecule has 0 aromatic heterocycles. The SMILES string of the molecule is CC1(c2cccc(NS(C)(=O)=O)c2)C2CNCC21.Cc1ccccc1CCCI.Cc1ccccc1CCCN1CC2C(C1)C2(C)c1cccc(NS(C)(=O)=O)c1.[HH].[HH]. The van der Waals surface area contributed by atoms with E-state index in [4.69, 9.17) is 0 Å². The zero-order valence-corrected chi connectivity index (χ0v) is 38.2. The molecule has 0 spiro atoms. The number of benzene rings is 4. The zero-order chi connectivity index (χ0) is 41.0. The number of nitrogens with one attached hydrogen (secondary N) is 3. The number of rotatable bonds is 13. The molecular weight excluding hydrogens is 864 g/mol. The van der Waals surface area contributed by atoms with E-state index in [1.165, 1.54) is 69.6 Å². The van der Waals surface area contributed by atoms with Crippen molar-refractivity contribution < 1.29 is 19.7 Å². The molecule has 4 unspecified atom stereocenters. The predicted octanol–water partition coefficient (Wildman–Crippen LogP) is 8.84. The van der Waals surface area contributed by atoms with Gasteiger partial charge in [-0.05, 0) is 145 Å². The minimum atomic E-state index is -3.24. The fraction of sp³-hybridized carbons (Fsp3) is 0.478. The number of anilines is 2. The second-order valence-electron chi connectivity index (χ2n) is 17.1. The molecule has 57 heavy (non-hydrogen) atoms. The molecule has 2 heterocycles. The molecule has 0 bridgehead atoms. The molecule has 3 N–H and O–H groups in total. The van der Waals surface area contributed by atoms with Crippen LogP contribution in [-0.2, 0) is 43.7 Å². The first-order chi connectivity index (χ1) is 27.0. The zero-order valence-electron chi connectivity index (χ0n) is 34.4. The number of sulfonamides is 2. The van der Waals surface area contributed by atoms with E-state index in [0.29, 0.717) is 35.0 Å². The average molecular weight is 929 g/mol. The van der Waals surface area contributed by atoms with Crippen LogP contribution in [0.15, 0.2) is 97.1 Å². The summed E-state index contributed by atoms with van der Waals surface area (Å²) in [4.78, 5) is 2.61. The van der Waals surface area contributed by atoms with Gasteiger partial charge in [-0.15, -0.1) is 0 Å². The molecule has 2 saturated carbocycles. The Bertz CT molecular complexity index is 2220. The maximum atomic E-state index is 11.5. The van der Waals surface area contributed by atoms with Crippen LogP contribution in [0.5, 0.6) is 0 Å². The van der Waals surface area contributed by atoms with Crippen LogP contribution < -0.4 is 14.8 Å². The fourth-order valence-corrected chi connectivity index (χ4v) is 11.1. The van der Waals surface area contributed by atoms with Gasteiger partial charge in [-0.25, -0.2) is 16.8 Å². The molecular formula is C46H65IN4O4S2. The van der Waals surface area contributed by atoms with Gasteiger partial charge in [0.05, 0.1) is 12.5 Å². The van der Waals surface area contributed by atoms with E-state index in [9.17, 15) is 16.8 Å². The van der Waals surface area contributed by atoms with E-state index in [-0.39, 0.29) is 13.7 Å². The molecule has 2 aliphatic heterocycles. The Balaban J connectivity index is 0.000000213. The lowest BCUT2D eigenvalue weighted by Crippen LogP contribution is -2.30. The third kappa shape index (κ3) is 10.8. The van der Waals surface area contributed by atoms with Crippen LogP contribution in [0.1, 0.15) is 62.9 Å². The first-order valence-electron chi connectivity index (χ1n) is 20.3. The number of aryl methyl sites for hydroxylation is 4. The van der Waals surface area contributed by atoms with Crippen molar-refractivity contribution in [3.05, 3.63) is 130 Å². The molecule has 312 valence electrons. The van der Waals surface area contributed by atoms with E-state index in [2.05, 4.69) is 131 Å². The summed E-state index contributed by atoms with van der Waals surface area (Å²) >= 11 is 2.43. The Morgan fingerprint density at radius 2 is 1.11 bits per heavy atom. The topological polar surface area (TPSA) is 108 Å². The van der Waals surface area contributed by atoms with Crippen molar-refractivity contribution in [3.8, 4) is 0 Å². The molecule has 4 aliphatic rings. The Morgan fingerprint density at radius 1 is 0.667 bits per heavy atom. The quantitative estimate of drug-likeness (QED) is 0.0915. The van der Waals surface area contributed by atoms with Crippen LogP contribution in [-0.4, -0.2) is 71.4 Å². The number of alkyl halides is 1. The lowest BCUT2D eigenvalue weighted by Gasteiger charge is -2.25. The van der Waals surface area contributed by atoms with Crippen LogP contribution in [0.2, 0.25) is 0 Å². The van der Waals surface area contributed by atoms with Gasteiger partial charge in [0.2, 0.25) is 20.0 Å². The van der Waals surface area contributed by atoms with Gasteiger partial charge in [-0.3, -0.25) is 9.44 Å². The highest BCUT2D eigenvalue weighted by molar-refractivity contribution is 14.1. The third-order valence-electron chi connectivity index (χ3n) is 13.1. The molecule has 4 atom stereocenters. The van der Waals surface area contributed by atoms with Crippen molar-refractivity contribution in [1.29, 1.82) is 0 Å². The van der Waals surface area contributed by atoms with Crippen LogP contribution in [0.3, 0.4) is 0 Å². The number of hydrogen-bond donors (Lipinski definition) is 3. The maximum absolute atomic E-state index is 11.5. The fourth-order valence-electron chi connectivity index (χ4n) is 9.60. The van der Waals surface area contributed by atoms with Crippen LogP contribution in [0.25, 0.3) is 0 Å². The highest BCUT2D eigenvalue weighted by Crippen LogP contribution is 2.63. The maximum Gasteiger partial charge on any atom is 0.229 e. The molecule has 4 aromatic rings. The van der Waals surface area contributed by atoms with Crippen molar-refractivity contribution in [3.63, 3.8) is 0 Å². The highest BCUT2D eigenvalue weighted by Gasteiger charge is 2.65. The molecule has 4 fully saturated rings. The van der Waals surface area contributed by atoms with Gasteiger partial charge in [0, 0.05) is 38.1 Å². The van der Waals surface area contributed by atoms with Crippen molar-refractivity contribution in [2.75, 3.05) is 59.1 Å². The van der Waals surface area contributed by atoms with Crippen molar-refractivity contribution >= 4 is 54.0 Å². The third-order valence-corrected chi connectivity index (χ3v) is 15.0. The van der Waals surface area contributed by atoms with Gasteiger partial charge in [-0.2, -0.15) is 0 Å². The molecule has 8 nitrogen and oxygen atoms in total. The summed E-state index contributed by atoms with van der Waals surface area (Å²) in [7, 11) is -6.44. The number of halogens is 1. The number of hydrogen-bond acceptors (Lipinski definition) is 6. The van der Waals surface area contributed by atoms with Crippen LogP contribution in [0, 0.1) is 37.5 Å². The summed E-state index contributed by atoms with van der Waals surface area (Å²) in [6, 6.07) is 33.0. The normalized spacial score (nSPS) is 25.9. The van der Waals surface area contributed by atoms with Gasteiger partial charge in [-0.1, -0.05) is 109 Å². The van der Waals surface area contributed by atoms with E-state index in [1.807, 2.05) is 30.3 Å². The summed E-state index contributed by atoms with van der Waals surface area (Å²) in [5.74, 6) is 2.76. The molecule has 0 radical (unpaired) electrons. The predicted molar refractivity (Wildman–Crippen MR) is 250 cm³/mol. The van der Waals surface area contributed by atoms with Crippen molar-refractivity contribution in [2.24, 2.45) is 23.7 Å². The van der Waals surface area contributed by atoms with E-state index in [1.54, 1.807) is 6.07 Å². The van der Waals surface area contributed by atoms with E-state index >= 15 is 0 Å². The summed E-state index contributed by atoms with van der Waals surface area (Å²) in [6.07, 6.45) is 7.25. The molecule has 2 saturated heterocycles. The Kier molecular flexibility index (Phi) is 13.9. The lowest BCUT2D eigenvalue weighted by molar-refractivity contribution is 0.274. The minimum Gasteiger partial charge on any atom is -0.316 e. The smallest absolute Gasteiger partial charge is 0.229 e. The minimum absolute atomic E-state index is 0. The monoisotopic (exact) mass is 928 g/mol. The summed E-state index contributed by atoms with van der Waals surface area (Å²) < 4.78 is 52.0. The van der Waals surface area contributed by atoms with Gasteiger partial charge in [0.1, 0.15) is 0 Å². The molecule has 4 aromatic carbocycles. The van der Waals surface area contributed by atoms with Gasteiger partial charge < -0.3 is 10.2 Å². The molecule has 8 rings (SSSR count). The Morgan fingerprint density at radius 3 is 1.54 bits per heavy atom. The first kappa shape index (κ1) is 43.6. The lowest BCUT2D eigenvalue weighted by atomic mass is 9.92. The second-order valence-corrected chi connectivity index (χ2v) is 21.6. The highest BCUT2D eigenvalue weighted by atomic mass is 127. The van der Waals surface area contributed by atoms with Crippen LogP contribution >= 0.6 is 22.6 Å². The van der Waals surface area contributed by atoms with Gasteiger partial charge in [0.25, 0.3) is 0 Å². The first-order valence-corrected chi connectivity index (χ1v) is 25.6. The Labute approximate surface area is 359 Å². The van der Waals surface area contributed by atoms with Gasteiger partial charge >= 0.3 is 0 Å². The number of fused-ring (bicyclic) bond motifs is 2. The summed E-state index contributed by atoms with van der Waals surface area (Å²) in [5.41, 5.74) is 10.0. The number of piperidine rings is 2. The second kappa shape index (κ2) is 18.1. The van der Waals surface area contributed by atoms with E-state index in [0.717, 1.165) is 39.1 Å². The van der Waals surface area contributed by atoms with Crippen molar-refractivity contribution in [1.82, 2.24) is 10.2 Å². The van der Waals surface area contributed by atoms with E-state index < -0.39 is 20.0 Å². The number of nitrogens with zero attached hydrogens (tertiary/aromatic N) is 1. The Hall–Kier alpha value is -2.97. The standard InChI is InChI=1S/C23H30N2O2S.C13H18N2O2S.C10H13I.2H2/c1-17-8-4-5-9-18(17)10-7-13-25-15-21-22(16-25)23(21,2)19-11-6-12-20(14-19)24-28(3,26)27;1-13(11-7-14-8-12(11)13)9-4-3-5-10(6-9)15-18(2,16)17;1-9-5-2-3-6-10(9)7-4-8-11;;/h4-6,8-9,11-12,14,21-22,24H,7,10,13,15-16H2,1-3H3;3-6,11-12,14-15H,7-8H2,1-2H3;2-3,5-6H,4,7-8H2,1H3;2*1H. The molecule has 0 amide bonds. The molecule has 11 heteroatoms. The van der Waals surface area contributed by atoms with Crippen molar-refractivity contribution in [2.45, 2.75) is 64.2 Å².